The van der Waals surface area contributed by atoms with Crippen LogP contribution in [0.15, 0.2) is 47.4 Å². The molecule has 4 rings (SSSR count). The number of nitrogens with zero attached hydrogens (tertiary/aromatic N) is 1. The Bertz CT molecular complexity index is 1080. The van der Waals surface area contributed by atoms with Gasteiger partial charge in [-0.15, -0.1) is 13.2 Å². The summed E-state index contributed by atoms with van der Waals surface area (Å²) in [5, 5.41) is 4.05. The zero-order valence-electron chi connectivity index (χ0n) is 16.6. The molecular formula is C20H20Cl2F3N3O3S. The quantitative estimate of drug-likeness (QED) is 0.591. The Labute approximate surface area is 193 Å². The summed E-state index contributed by atoms with van der Waals surface area (Å²) < 4.78 is 69.7. The molecule has 0 aliphatic carbocycles. The Morgan fingerprint density at radius 1 is 1.16 bits per heavy atom. The first kappa shape index (κ1) is 23.6. The number of fused-ring (bicyclic) bond motifs is 2. The van der Waals surface area contributed by atoms with E-state index in [2.05, 4.69) is 19.7 Å². The summed E-state index contributed by atoms with van der Waals surface area (Å²) in [5.74, 6) is -0.502. The van der Waals surface area contributed by atoms with Crippen LogP contribution in [0.4, 0.5) is 13.2 Å². The van der Waals surface area contributed by atoms with E-state index in [0.717, 1.165) is 43.8 Å². The Balaban J connectivity index is 1.57. The van der Waals surface area contributed by atoms with Crippen LogP contribution in [-0.4, -0.2) is 51.4 Å². The summed E-state index contributed by atoms with van der Waals surface area (Å²) in [6.07, 6.45) is -3.86. The summed E-state index contributed by atoms with van der Waals surface area (Å²) in [7, 11) is -4.05. The maximum Gasteiger partial charge on any atom is 0.573 e. The molecule has 1 unspecified atom stereocenters. The Hall–Kier alpha value is -1.56. The van der Waals surface area contributed by atoms with E-state index in [9.17, 15) is 21.6 Å². The van der Waals surface area contributed by atoms with Gasteiger partial charge in [-0.2, -0.15) is 0 Å². The minimum atomic E-state index is -4.86. The van der Waals surface area contributed by atoms with E-state index in [1.54, 1.807) is 18.2 Å². The topological polar surface area (TPSA) is 70.7 Å². The molecule has 0 spiro atoms. The fourth-order valence-electron chi connectivity index (χ4n) is 4.12. The molecule has 2 aromatic rings. The highest BCUT2D eigenvalue weighted by Gasteiger charge is 2.39. The van der Waals surface area contributed by atoms with Gasteiger partial charge in [0.15, 0.2) is 0 Å². The maximum atomic E-state index is 13.0. The molecule has 2 saturated heterocycles. The van der Waals surface area contributed by atoms with Crippen molar-refractivity contribution in [2.75, 3.05) is 19.6 Å². The molecule has 2 N–H and O–H groups in total. The zero-order valence-corrected chi connectivity index (χ0v) is 18.9. The molecular weight excluding hydrogens is 490 g/mol. The molecule has 0 radical (unpaired) electrons. The van der Waals surface area contributed by atoms with Crippen LogP contribution in [0.3, 0.4) is 0 Å². The predicted molar refractivity (Wildman–Crippen MR) is 114 cm³/mol. The Morgan fingerprint density at radius 2 is 1.88 bits per heavy atom. The van der Waals surface area contributed by atoms with Crippen LogP contribution >= 0.6 is 23.2 Å². The third-order valence-corrected chi connectivity index (χ3v) is 7.82. The lowest BCUT2D eigenvalue weighted by Crippen LogP contribution is -2.47. The minimum Gasteiger partial charge on any atom is -0.406 e. The fourth-order valence-corrected chi connectivity index (χ4v) is 5.64. The molecule has 2 bridgehead atoms. The third kappa shape index (κ3) is 5.49. The molecule has 0 aromatic heterocycles. The second kappa shape index (κ2) is 9.00. The van der Waals surface area contributed by atoms with Gasteiger partial charge >= 0.3 is 6.36 Å². The van der Waals surface area contributed by atoms with Crippen LogP contribution in [0.1, 0.15) is 18.0 Å². The number of ether oxygens (including phenoxy) is 1. The fraction of sp³-hybridized carbons (Fsp3) is 0.400. The van der Waals surface area contributed by atoms with Gasteiger partial charge in [-0.25, -0.2) is 13.1 Å². The molecule has 0 saturated carbocycles. The number of halogens is 5. The van der Waals surface area contributed by atoms with Gasteiger partial charge in [-0.3, -0.25) is 4.90 Å². The van der Waals surface area contributed by atoms with Gasteiger partial charge in [0.05, 0.1) is 21.0 Å². The Kier molecular flexibility index (Phi) is 6.63. The molecule has 2 aliphatic heterocycles. The van der Waals surface area contributed by atoms with E-state index in [0.29, 0.717) is 34.2 Å². The van der Waals surface area contributed by atoms with Crippen molar-refractivity contribution < 1.29 is 26.3 Å². The zero-order chi connectivity index (χ0) is 23.1. The van der Waals surface area contributed by atoms with Gasteiger partial charge < -0.3 is 10.1 Å². The van der Waals surface area contributed by atoms with E-state index < -0.39 is 28.2 Å². The molecule has 0 amide bonds. The number of alkyl halides is 3. The maximum absolute atomic E-state index is 13.0. The van der Waals surface area contributed by atoms with E-state index in [1.165, 1.54) is 0 Å². The lowest BCUT2D eigenvalue weighted by Gasteiger charge is -2.31. The average molecular weight is 510 g/mol. The summed E-state index contributed by atoms with van der Waals surface area (Å²) >= 11 is 12.2. The number of nitrogens with one attached hydrogen (secondary N) is 2. The first-order valence-electron chi connectivity index (χ1n) is 9.81. The van der Waals surface area contributed by atoms with Crippen molar-refractivity contribution in [3.63, 3.8) is 0 Å². The SMILES string of the molecule is O=S(=O)(NC(CN1C[C@@H]2C[C@H]1CN2)c1ccc(Cl)c(Cl)c1)c1ccc(OC(F)(F)F)cc1. The number of hydrogen-bond acceptors (Lipinski definition) is 5. The van der Waals surface area contributed by atoms with E-state index in [4.69, 9.17) is 23.2 Å². The summed E-state index contributed by atoms with van der Waals surface area (Å²) in [6.45, 7) is 2.05. The lowest BCUT2D eigenvalue weighted by atomic mass is 10.1. The van der Waals surface area contributed by atoms with Gasteiger partial charge in [0.1, 0.15) is 5.75 Å². The van der Waals surface area contributed by atoms with Crippen LogP contribution in [-0.2, 0) is 10.0 Å². The van der Waals surface area contributed by atoms with Crippen LogP contribution in [0.2, 0.25) is 10.0 Å². The van der Waals surface area contributed by atoms with Crippen LogP contribution in [0.5, 0.6) is 5.75 Å². The number of rotatable bonds is 7. The predicted octanol–water partition coefficient (Wildman–Crippen LogP) is 3.96. The van der Waals surface area contributed by atoms with Crippen molar-refractivity contribution in [3.8, 4) is 5.75 Å². The molecule has 6 nitrogen and oxygen atoms in total. The van der Waals surface area contributed by atoms with E-state index >= 15 is 0 Å². The highest BCUT2D eigenvalue weighted by molar-refractivity contribution is 7.89. The number of benzene rings is 2. The second-order valence-electron chi connectivity index (χ2n) is 7.82. The smallest absolute Gasteiger partial charge is 0.406 e. The molecule has 12 heteroatoms. The summed E-state index contributed by atoms with van der Waals surface area (Å²) in [4.78, 5) is 2.04. The number of sulfonamides is 1. The van der Waals surface area contributed by atoms with Gasteiger partial charge in [0.25, 0.3) is 0 Å². The van der Waals surface area contributed by atoms with E-state index in [1.807, 2.05) is 0 Å². The van der Waals surface area contributed by atoms with Crippen molar-refractivity contribution in [2.45, 2.75) is 35.8 Å². The van der Waals surface area contributed by atoms with Crippen molar-refractivity contribution in [3.05, 3.63) is 58.1 Å². The van der Waals surface area contributed by atoms with E-state index in [-0.39, 0.29) is 4.90 Å². The monoisotopic (exact) mass is 509 g/mol. The number of hydrogen-bond donors (Lipinski definition) is 2. The molecule has 2 fully saturated rings. The molecule has 3 atom stereocenters. The van der Waals surface area contributed by atoms with Crippen molar-refractivity contribution >= 4 is 33.2 Å². The highest BCUT2D eigenvalue weighted by atomic mass is 35.5. The molecule has 174 valence electrons. The minimum absolute atomic E-state index is 0.179. The van der Waals surface area contributed by atoms with Gasteiger partial charge in [-0.05, 0) is 48.4 Å². The standard InChI is InChI=1S/C20H20Cl2F3N3O3S/c21-17-6-1-12(7-18(17)22)19(11-28-10-13-8-14(28)9-26-13)27-32(29,30)16-4-2-15(3-5-16)31-20(23,24)25/h1-7,13-14,19,26-27H,8-11H2/t13-,14-,19?/m0/s1. The van der Waals surface area contributed by atoms with Crippen molar-refractivity contribution in [1.29, 1.82) is 0 Å². The van der Waals surface area contributed by atoms with Crippen LogP contribution < -0.4 is 14.8 Å². The lowest BCUT2D eigenvalue weighted by molar-refractivity contribution is -0.274. The normalized spacial score (nSPS) is 22.3. The summed E-state index contributed by atoms with van der Waals surface area (Å²) in [6, 6.07) is 9.03. The number of likely N-dealkylation sites (tertiary alicyclic amines) is 1. The third-order valence-electron chi connectivity index (χ3n) is 5.60. The van der Waals surface area contributed by atoms with Crippen molar-refractivity contribution in [1.82, 2.24) is 14.9 Å². The van der Waals surface area contributed by atoms with Gasteiger partial charge in [-0.1, -0.05) is 29.3 Å². The first-order valence-corrected chi connectivity index (χ1v) is 12.0. The largest absolute Gasteiger partial charge is 0.573 e. The summed E-state index contributed by atoms with van der Waals surface area (Å²) in [5.41, 5.74) is 0.635. The molecule has 2 aromatic carbocycles. The van der Waals surface area contributed by atoms with Crippen molar-refractivity contribution in [2.24, 2.45) is 0 Å². The number of piperazine rings is 1. The first-order chi connectivity index (χ1) is 15.0. The molecule has 2 aliphatic rings. The van der Waals surface area contributed by atoms with Gasteiger partial charge in [0.2, 0.25) is 10.0 Å². The van der Waals surface area contributed by atoms with Crippen LogP contribution in [0.25, 0.3) is 0 Å². The average Bonchev–Trinajstić information content (AvgIpc) is 3.32. The molecule has 2 heterocycles. The van der Waals surface area contributed by atoms with Gasteiger partial charge in [0, 0.05) is 31.7 Å². The Morgan fingerprint density at radius 3 is 2.44 bits per heavy atom. The molecule has 32 heavy (non-hydrogen) atoms. The highest BCUT2D eigenvalue weighted by Crippen LogP contribution is 2.31. The van der Waals surface area contributed by atoms with Crippen LogP contribution in [0, 0.1) is 0 Å². The second-order valence-corrected chi connectivity index (χ2v) is 10.3.